The van der Waals surface area contributed by atoms with Crippen molar-refractivity contribution in [1.29, 1.82) is 0 Å². The number of nitrogens with one attached hydrogen (secondary N) is 1. The fourth-order valence-corrected chi connectivity index (χ4v) is 5.28. The second kappa shape index (κ2) is 15.5. The molecule has 3 atom stereocenters. The number of carbonyl (C=O) groups excluding carboxylic acids is 3. The van der Waals surface area contributed by atoms with Crippen LogP contribution in [0.15, 0.2) is 36.4 Å². The number of morpholine rings is 1. The molecule has 1 aromatic carbocycles. The van der Waals surface area contributed by atoms with Gasteiger partial charge in [0.2, 0.25) is 5.91 Å². The maximum atomic E-state index is 13.6. The number of aliphatic carboxylic acids is 1. The van der Waals surface area contributed by atoms with Gasteiger partial charge < -0.3 is 29.6 Å². The summed E-state index contributed by atoms with van der Waals surface area (Å²) in [5, 5.41) is 13.5. The van der Waals surface area contributed by atoms with Crippen LogP contribution in [-0.4, -0.2) is 118 Å². The number of carboxylic acid groups (broad SMARTS) is 1. The van der Waals surface area contributed by atoms with E-state index in [4.69, 9.17) is 19.3 Å². The van der Waals surface area contributed by atoms with Crippen molar-refractivity contribution in [2.45, 2.75) is 58.4 Å². The monoisotopic (exact) mass is 612 g/mol. The highest BCUT2D eigenvalue weighted by molar-refractivity contribution is 5.96. The quantitative estimate of drug-likeness (QED) is 0.355. The number of piperazine rings is 1. The van der Waals surface area contributed by atoms with Gasteiger partial charge in [-0.1, -0.05) is 30.3 Å². The molecule has 3 heterocycles. The van der Waals surface area contributed by atoms with Crippen LogP contribution in [-0.2, 0) is 30.4 Å². The molecule has 0 saturated carbocycles. The molecule has 2 unspecified atom stereocenters. The maximum Gasteiger partial charge on any atom is 0.527 e. The molecular weight excluding hydrogens is 572 g/mol. The van der Waals surface area contributed by atoms with Gasteiger partial charge in [0, 0.05) is 44.7 Å². The number of ether oxygens (including phenoxy) is 2. The summed E-state index contributed by atoms with van der Waals surface area (Å²) in [5.74, 6) is -1.75. The van der Waals surface area contributed by atoms with Gasteiger partial charge in [-0.15, -0.1) is 5.06 Å². The SMILES string of the molecule is CCOC(=O)ON1CCN(C(=O)C(CCC(=O)O)NC(=O)c2cc(CN3CC(C)O[C@@H](C)C3)nc(-c3ccccc3)n2)CC1. The van der Waals surface area contributed by atoms with Crippen LogP contribution < -0.4 is 5.32 Å². The van der Waals surface area contributed by atoms with Crippen molar-refractivity contribution in [3.05, 3.63) is 47.8 Å². The number of aromatic nitrogens is 2. The van der Waals surface area contributed by atoms with Crippen LogP contribution in [0, 0.1) is 0 Å². The lowest BCUT2D eigenvalue weighted by Crippen LogP contribution is -2.55. The Hall–Kier alpha value is -4.14. The summed E-state index contributed by atoms with van der Waals surface area (Å²) in [6, 6.07) is 9.79. The van der Waals surface area contributed by atoms with E-state index in [1.807, 2.05) is 44.2 Å². The number of carbonyl (C=O) groups is 4. The van der Waals surface area contributed by atoms with E-state index in [2.05, 4.69) is 15.2 Å². The van der Waals surface area contributed by atoms with Crippen molar-refractivity contribution in [2.24, 2.45) is 0 Å². The lowest BCUT2D eigenvalue weighted by molar-refractivity contribution is -0.157. The Labute approximate surface area is 256 Å². The molecule has 44 heavy (non-hydrogen) atoms. The van der Waals surface area contributed by atoms with Crippen molar-refractivity contribution in [3.63, 3.8) is 0 Å². The number of hydrogen-bond acceptors (Lipinski definition) is 11. The first kappa shape index (κ1) is 32.8. The van der Waals surface area contributed by atoms with Gasteiger partial charge in [-0.05, 0) is 33.3 Å². The minimum Gasteiger partial charge on any atom is -0.481 e. The van der Waals surface area contributed by atoms with Gasteiger partial charge >= 0.3 is 12.1 Å². The molecule has 2 N–H and O–H groups in total. The van der Waals surface area contributed by atoms with Gasteiger partial charge in [0.15, 0.2) is 5.82 Å². The van der Waals surface area contributed by atoms with Gasteiger partial charge in [0.25, 0.3) is 5.91 Å². The summed E-state index contributed by atoms with van der Waals surface area (Å²) in [7, 11) is 0. The van der Waals surface area contributed by atoms with Crippen LogP contribution in [0.1, 0.15) is 49.8 Å². The molecule has 2 aromatic rings. The number of carboxylic acids is 1. The molecule has 2 saturated heterocycles. The van der Waals surface area contributed by atoms with E-state index in [1.165, 1.54) is 9.96 Å². The molecule has 238 valence electrons. The normalized spacial score (nSPS) is 20.0. The molecule has 0 spiro atoms. The van der Waals surface area contributed by atoms with Gasteiger partial charge in [-0.2, -0.15) is 0 Å². The largest absolute Gasteiger partial charge is 0.527 e. The van der Waals surface area contributed by atoms with Gasteiger partial charge in [0.05, 0.1) is 37.6 Å². The molecular formula is C30H40N6O8. The Morgan fingerprint density at radius 3 is 2.36 bits per heavy atom. The maximum absolute atomic E-state index is 13.6. The van der Waals surface area contributed by atoms with E-state index in [1.54, 1.807) is 13.0 Å². The molecule has 14 heteroatoms. The van der Waals surface area contributed by atoms with E-state index in [0.717, 1.165) is 5.56 Å². The topological polar surface area (TPSA) is 164 Å². The Bertz CT molecular complexity index is 1290. The highest BCUT2D eigenvalue weighted by atomic mass is 16.8. The van der Waals surface area contributed by atoms with E-state index in [9.17, 15) is 24.3 Å². The van der Waals surface area contributed by atoms with Crippen LogP contribution in [0.2, 0.25) is 0 Å². The predicted octanol–water partition coefficient (Wildman–Crippen LogP) is 1.95. The third-order valence-corrected chi connectivity index (χ3v) is 7.19. The Morgan fingerprint density at radius 1 is 1.05 bits per heavy atom. The molecule has 1 aromatic heterocycles. The lowest BCUT2D eigenvalue weighted by Gasteiger charge is -2.35. The van der Waals surface area contributed by atoms with E-state index < -0.39 is 30.0 Å². The number of nitrogens with zero attached hydrogens (tertiary/aromatic N) is 5. The Morgan fingerprint density at radius 2 is 1.73 bits per heavy atom. The molecule has 2 aliphatic rings. The minimum atomic E-state index is -1.10. The summed E-state index contributed by atoms with van der Waals surface area (Å²) in [6.07, 6.45) is -1.14. The first-order valence-electron chi connectivity index (χ1n) is 14.8. The molecule has 14 nitrogen and oxygen atoms in total. The number of hydrogen-bond donors (Lipinski definition) is 2. The first-order valence-corrected chi connectivity index (χ1v) is 14.8. The summed E-state index contributed by atoms with van der Waals surface area (Å²) in [6.45, 7) is 8.65. The molecule has 2 amide bonds. The van der Waals surface area contributed by atoms with Crippen LogP contribution in [0.3, 0.4) is 0 Å². The van der Waals surface area contributed by atoms with Crippen molar-refractivity contribution >= 4 is 23.9 Å². The van der Waals surface area contributed by atoms with E-state index >= 15 is 0 Å². The second-order valence-corrected chi connectivity index (χ2v) is 10.9. The molecule has 0 bridgehead atoms. The Balaban J connectivity index is 1.51. The summed E-state index contributed by atoms with van der Waals surface area (Å²) >= 11 is 0. The zero-order chi connectivity index (χ0) is 31.6. The van der Waals surface area contributed by atoms with Gasteiger partial charge in [0.1, 0.15) is 11.7 Å². The molecule has 2 fully saturated rings. The molecule has 2 aliphatic heterocycles. The standard InChI is InChI=1S/C30H40N6O8/c1-4-42-30(41)44-36-14-12-35(13-15-36)29(40)24(10-11-26(37)38)33-28(39)25-16-23(19-34-17-20(2)43-21(3)18-34)31-27(32-25)22-8-6-5-7-9-22/h5-9,16,20-21,24H,4,10-15,17-19H2,1-3H3,(H,33,39)(H,37,38)/t20-,21?,24?/m0/s1. The van der Waals surface area contributed by atoms with Crippen LogP contribution in [0.5, 0.6) is 0 Å². The van der Waals surface area contributed by atoms with Gasteiger partial charge in [-0.25, -0.2) is 14.8 Å². The highest BCUT2D eigenvalue weighted by Gasteiger charge is 2.31. The highest BCUT2D eigenvalue weighted by Crippen LogP contribution is 2.19. The summed E-state index contributed by atoms with van der Waals surface area (Å²) < 4.78 is 10.6. The van der Waals surface area contributed by atoms with Crippen molar-refractivity contribution < 1.29 is 38.6 Å². The second-order valence-electron chi connectivity index (χ2n) is 10.9. The van der Waals surface area contributed by atoms with Crippen molar-refractivity contribution in [3.8, 4) is 11.4 Å². The van der Waals surface area contributed by atoms with E-state index in [0.29, 0.717) is 31.2 Å². The van der Waals surface area contributed by atoms with Crippen molar-refractivity contribution in [2.75, 3.05) is 45.9 Å². The average Bonchev–Trinajstić information content (AvgIpc) is 2.99. The van der Waals surface area contributed by atoms with Crippen LogP contribution >= 0.6 is 0 Å². The lowest BCUT2D eigenvalue weighted by atomic mass is 10.1. The van der Waals surface area contributed by atoms with Crippen LogP contribution in [0.4, 0.5) is 4.79 Å². The third-order valence-electron chi connectivity index (χ3n) is 7.19. The fourth-order valence-electron chi connectivity index (χ4n) is 5.28. The smallest absolute Gasteiger partial charge is 0.481 e. The minimum absolute atomic E-state index is 0.0524. The molecule has 4 rings (SSSR count). The fraction of sp³-hybridized carbons (Fsp3) is 0.533. The number of rotatable bonds is 11. The number of hydroxylamine groups is 2. The predicted molar refractivity (Wildman–Crippen MR) is 157 cm³/mol. The zero-order valence-electron chi connectivity index (χ0n) is 25.3. The van der Waals surface area contributed by atoms with E-state index in [-0.39, 0.29) is 63.5 Å². The van der Waals surface area contributed by atoms with Crippen LogP contribution in [0.25, 0.3) is 11.4 Å². The third kappa shape index (κ3) is 9.43. The average molecular weight is 613 g/mol. The van der Waals surface area contributed by atoms with Gasteiger partial charge in [-0.3, -0.25) is 19.3 Å². The summed E-state index contributed by atoms with van der Waals surface area (Å²) in [5.41, 5.74) is 1.44. The summed E-state index contributed by atoms with van der Waals surface area (Å²) in [4.78, 5) is 68.3. The number of benzene rings is 1. The molecule has 0 aliphatic carbocycles. The Kier molecular flexibility index (Phi) is 11.6. The molecule has 0 radical (unpaired) electrons. The first-order chi connectivity index (χ1) is 21.1. The van der Waals surface area contributed by atoms with Crippen molar-refractivity contribution in [1.82, 2.24) is 30.1 Å². The zero-order valence-corrected chi connectivity index (χ0v) is 25.3. The number of amides is 2.